The Labute approximate surface area is 121 Å². The molecule has 3 amide bonds. The van der Waals surface area contributed by atoms with Gasteiger partial charge in [0.05, 0.1) is 11.8 Å². The summed E-state index contributed by atoms with van der Waals surface area (Å²) in [6.07, 6.45) is 8.12. The molecule has 2 atom stereocenters. The van der Waals surface area contributed by atoms with E-state index in [0.29, 0.717) is 18.5 Å². The molecule has 0 spiro atoms. The second-order valence-corrected chi connectivity index (χ2v) is 5.20. The lowest BCUT2D eigenvalue weighted by molar-refractivity contribution is -0.142. The molecule has 1 fully saturated rings. The molecule has 0 aromatic carbocycles. The molecule has 2 unspecified atom stereocenters. The highest BCUT2D eigenvalue weighted by molar-refractivity contribution is 6.08. The van der Waals surface area contributed by atoms with Crippen LogP contribution in [0.15, 0.2) is 36.7 Å². The lowest BCUT2D eigenvalue weighted by Gasteiger charge is -2.14. The Morgan fingerprint density at radius 2 is 1.71 bits per heavy atom. The molecule has 1 N–H and O–H groups in total. The van der Waals surface area contributed by atoms with Crippen molar-refractivity contribution in [1.82, 2.24) is 9.88 Å². The van der Waals surface area contributed by atoms with Crippen LogP contribution in [0.3, 0.4) is 0 Å². The number of amides is 3. The molecule has 6 nitrogen and oxygen atoms in total. The van der Waals surface area contributed by atoms with Crippen molar-refractivity contribution in [1.29, 1.82) is 0 Å². The van der Waals surface area contributed by atoms with Gasteiger partial charge in [0.25, 0.3) is 0 Å². The molecule has 0 bridgehead atoms. The molecule has 2 aliphatic rings. The summed E-state index contributed by atoms with van der Waals surface area (Å²) in [5, 5.41) is 2.65. The Hall–Kier alpha value is -2.50. The number of hydrogen-bond acceptors (Lipinski definition) is 4. The summed E-state index contributed by atoms with van der Waals surface area (Å²) in [5.41, 5.74) is 0.591. The number of pyridine rings is 1. The standard InChI is InChI=1S/C15H15N3O3/c19-13(17-10-5-7-16-8-6-10)9-18-14(20)11-3-1-2-4-12(11)15(18)21/h1-2,5-8,11-12H,3-4,9H2,(H,16,17,19). The van der Waals surface area contributed by atoms with Crippen LogP contribution >= 0.6 is 0 Å². The molecule has 21 heavy (non-hydrogen) atoms. The third kappa shape index (κ3) is 2.56. The number of allylic oxidation sites excluding steroid dienone is 2. The Morgan fingerprint density at radius 3 is 2.29 bits per heavy atom. The number of nitrogens with zero attached hydrogens (tertiary/aromatic N) is 2. The summed E-state index contributed by atoms with van der Waals surface area (Å²) in [5.74, 6) is -1.44. The minimum Gasteiger partial charge on any atom is -0.324 e. The highest BCUT2D eigenvalue weighted by Crippen LogP contribution is 2.34. The molecule has 1 saturated heterocycles. The van der Waals surface area contributed by atoms with Crippen LogP contribution in [0.1, 0.15) is 12.8 Å². The molecule has 1 aromatic heterocycles. The van der Waals surface area contributed by atoms with Crippen molar-refractivity contribution in [2.45, 2.75) is 12.8 Å². The number of hydrogen-bond donors (Lipinski definition) is 1. The molecule has 0 radical (unpaired) electrons. The first-order valence-electron chi connectivity index (χ1n) is 6.87. The van der Waals surface area contributed by atoms with Crippen molar-refractivity contribution in [3.63, 3.8) is 0 Å². The molecule has 2 heterocycles. The molecule has 3 rings (SSSR count). The first-order valence-corrected chi connectivity index (χ1v) is 6.87. The molecule has 0 saturated carbocycles. The van der Waals surface area contributed by atoms with Crippen LogP contribution in [0.25, 0.3) is 0 Å². The van der Waals surface area contributed by atoms with Crippen LogP contribution in [0.4, 0.5) is 5.69 Å². The van der Waals surface area contributed by atoms with Crippen LogP contribution in [-0.2, 0) is 14.4 Å². The van der Waals surface area contributed by atoms with Crippen LogP contribution in [0.5, 0.6) is 0 Å². The van der Waals surface area contributed by atoms with Crippen LogP contribution in [0.2, 0.25) is 0 Å². The van der Waals surface area contributed by atoms with Crippen molar-refractivity contribution >= 4 is 23.4 Å². The number of aromatic nitrogens is 1. The lowest BCUT2D eigenvalue weighted by Crippen LogP contribution is -2.38. The first-order chi connectivity index (χ1) is 10.2. The van der Waals surface area contributed by atoms with E-state index in [1.165, 1.54) is 0 Å². The van der Waals surface area contributed by atoms with Crippen molar-refractivity contribution in [3.8, 4) is 0 Å². The molecule has 1 aliphatic carbocycles. The molecule has 1 aliphatic heterocycles. The second-order valence-electron chi connectivity index (χ2n) is 5.20. The fourth-order valence-corrected chi connectivity index (χ4v) is 2.80. The van der Waals surface area contributed by atoms with Gasteiger partial charge in [0.15, 0.2) is 0 Å². The number of rotatable bonds is 3. The molecule has 108 valence electrons. The van der Waals surface area contributed by atoms with Gasteiger partial charge in [-0.25, -0.2) is 0 Å². The van der Waals surface area contributed by atoms with E-state index < -0.39 is 0 Å². The van der Waals surface area contributed by atoms with Gasteiger partial charge < -0.3 is 5.32 Å². The zero-order valence-corrected chi connectivity index (χ0v) is 11.4. The third-order valence-corrected chi connectivity index (χ3v) is 3.86. The minimum absolute atomic E-state index is 0.229. The van der Waals surface area contributed by atoms with Gasteiger partial charge in [-0.05, 0) is 25.0 Å². The van der Waals surface area contributed by atoms with Gasteiger partial charge >= 0.3 is 0 Å². The topological polar surface area (TPSA) is 79.4 Å². The Balaban J connectivity index is 1.66. The van der Waals surface area contributed by atoms with E-state index in [1.54, 1.807) is 24.5 Å². The van der Waals surface area contributed by atoms with E-state index in [1.807, 2.05) is 12.2 Å². The van der Waals surface area contributed by atoms with Gasteiger partial charge in [-0.2, -0.15) is 0 Å². The first kappa shape index (κ1) is 13.5. The van der Waals surface area contributed by atoms with E-state index >= 15 is 0 Å². The van der Waals surface area contributed by atoms with Crippen LogP contribution in [-0.4, -0.2) is 34.2 Å². The number of fused-ring (bicyclic) bond motifs is 1. The monoisotopic (exact) mass is 285 g/mol. The van der Waals surface area contributed by atoms with Gasteiger partial charge in [-0.15, -0.1) is 0 Å². The molecule has 6 heteroatoms. The summed E-state index contributed by atoms with van der Waals surface area (Å²) >= 11 is 0. The summed E-state index contributed by atoms with van der Waals surface area (Å²) in [7, 11) is 0. The lowest BCUT2D eigenvalue weighted by atomic mass is 9.85. The van der Waals surface area contributed by atoms with E-state index in [9.17, 15) is 14.4 Å². The predicted molar refractivity (Wildman–Crippen MR) is 74.9 cm³/mol. The number of carbonyl (C=O) groups is 3. The number of carbonyl (C=O) groups excluding carboxylic acids is 3. The number of anilines is 1. The SMILES string of the molecule is O=C(CN1C(=O)C2CC=CCC2C1=O)Nc1ccncc1. The minimum atomic E-state index is -0.380. The van der Waals surface area contributed by atoms with Gasteiger partial charge in [-0.1, -0.05) is 12.2 Å². The average Bonchev–Trinajstić information content (AvgIpc) is 2.74. The van der Waals surface area contributed by atoms with Crippen molar-refractivity contribution in [2.75, 3.05) is 11.9 Å². The van der Waals surface area contributed by atoms with Gasteiger partial charge in [0, 0.05) is 18.1 Å². The Kier molecular flexibility index (Phi) is 3.51. The number of imide groups is 1. The molecular weight excluding hydrogens is 270 g/mol. The van der Waals surface area contributed by atoms with Gasteiger partial charge in [0.1, 0.15) is 6.54 Å². The molecular formula is C15H15N3O3. The summed E-state index contributed by atoms with van der Waals surface area (Å²) in [4.78, 5) is 41.3. The highest BCUT2D eigenvalue weighted by atomic mass is 16.2. The second kappa shape index (κ2) is 5.47. The van der Waals surface area contributed by atoms with E-state index in [0.717, 1.165) is 4.90 Å². The maximum absolute atomic E-state index is 12.2. The van der Waals surface area contributed by atoms with Gasteiger partial charge in [-0.3, -0.25) is 24.3 Å². The zero-order chi connectivity index (χ0) is 14.8. The summed E-state index contributed by atoms with van der Waals surface area (Å²) < 4.78 is 0. The summed E-state index contributed by atoms with van der Waals surface area (Å²) in [6.45, 7) is -0.229. The maximum Gasteiger partial charge on any atom is 0.244 e. The highest BCUT2D eigenvalue weighted by Gasteiger charge is 2.47. The average molecular weight is 285 g/mol. The smallest absolute Gasteiger partial charge is 0.244 e. The quantitative estimate of drug-likeness (QED) is 0.663. The van der Waals surface area contributed by atoms with Crippen LogP contribution in [0, 0.1) is 11.8 Å². The van der Waals surface area contributed by atoms with Crippen LogP contribution < -0.4 is 5.32 Å². The number of likely N-dealkylation sites (tertiary alicyclic amines) is 1. The van der Waals surface area contributed by atoms with Crippen molar-refractivity contribution in [3.05, 3.63) is 36.7 Å². The molecule has 1 aromatic rings. The fourth-order valence-electron chi connectivity index (χ4n) is 2.80. The van der Waals surface area contributed by atoms with Crippen molar-refractivity contribution < 1.29 is 14.4 Å². The largest absolute Gasteiger partial charge is 0.324 e. The van der Waals surface area contributed by atoms with E-state index in [4.69, 9.17) is 0 Å². The Bertz CT molecular complexity index is 586. The maximum atomic E-state index is 12.2. The van der Waals surface area contributed by atoms with E-state index in [-0.39, 0.29) is 36.1 Å². The fraction of sp³-hybridized carbons (Fsp3) is 0.333. The third-order valence-electron chi connectivity index (χ3n) is 3.86. The zero-order valence-electron chi connectivity index (χ0n) is 11.4. The van der Waals surface area contributed by atoms with Crippen molar-refractivity contribution in [2.24, 2.45) is 11.8 Å². The normalized spacial score (nSPS) is 24.1. The predicted octanol–water partition coefficient (Wildman–Crippen LogP) is 0.971. The van der Waals surface area contributed by atoms with E-state index in [2.05, 4.69) is 10.3 Å². The summed E-state index contributed by atoms with van der Waals surface area (Å²) in [6, 6.07) is 3.30. The van der Waals surface area contributed by atoms with Gasteiger partial charge in [0.2, 0.25) is 17.7 Å². The Morgan fingerprint density at radius 1 is 1.14 bits per heavy atom. The number of nitrogens with one attached hydrogen (secondary N) is 1.